The van der Waals surface area contributed by atoms with E-state index in [9.17, 15) is 0 Å². The molecular weight excluding hydrogens is 961 g/mol. The van der Waals surface area contributed by atoms with E-state index in [1.54, 1.807) is 0 Å². The summed E-state index contributed by atoms with van der Waals surface area (Å²) in [5.74, 6) is 0. The van der Waals surface area contributed by atoms with Crippen LogP contribution in [0, 0.1) is 83.1 Å². The summed E-state index contributed by atoms with van der Waals surface area (Å²) in [5.41, 5.74) is 34.7. The molecule has 0 fully saturated rings. The molecule has 8 aromatic carbocycles. The Morgan fingerprint density at radius 1 is 0.175 bits per heavy atom. The van der Waals surface area contributed by atoms with Gasteiger partial charge < -0.3 is 0 Å². The van der Waals surface area contributed by atoms with Gasteiger partial charge in [-0.25, -0.2) is 0 Å². The molecule has 0 radical (unpaired) electrons. The van der Waals surface area contributed by atoms with E-state index in [1.807, 2.05) is 0 Å². The molecule has 0 aliphatic rings. The Balaban J connectivity index is 0.000000196. The van der Waals surface area contributed by atoms with Crippen molar-refractivity contribution in [3.63, 3.8) is 0 Å². The third kappa shape index (κ3) is 21.3. The zero-order valence-corrected chi connectivity index (χ0v) is 53.2. The van der Waals surface area contributed by atoms with Crippen LogP contribution in [-0.4, -0.2) is 0 Å². The zero-order chi connectivity index (χ0) is 58.1. The molecule has 0 bridgehead atoms. The van der Waals surface area contributed by atoms with Crippen molar-refractivity contribution in [3.05, 3.63) is 279 Å². The smallest absolute Gasteiger partial charge is 0.0276 e. The van der Waals surface area contributed by atoms with Crippen LogP contribution < -0.4 is 0 Å². The average molecular weight is 1070 g/mol. The van der Waals surface area contributed by atoms with E-state index in [-0.39, 0.29) is 0 Å². The number of aryl methyl sites for hydroxylation is 24. The molecule has 0 heterocycles. The number of benzene rings is 8. The average Bonchev–Trinajstić information content (AvgIpc) is 3.45. The van der Waals surface area contributed by atoms with Crippen molar-refractivity contribution in [3.8, 4) is 0 Å². The largest absolute Gasteiger partial charge is 0.0613 e. The van der Waals surface area contributed by atoms with E-state index >= 15 is 0 Å². The van der Waals surface area contributed by atoms with Crippen molar-refractivity contribution in [2.75, 3.05) is 0 Å². The normalized spacial score (nSPS) is 10.8. The predicted octanol–water partition coefficient (Wildman–Crippen LogP) is 21.4. The van der Waals surface area contributed by atoms with E-state index < -0.39 is 0 Å². The molecule has 0 aliphatic carbocycles. The highest BCUT2D eigenvalue weighted by atomic mass is 14.1. The van der Waals surface area contributed by atoms with Crippen molar-refractivity contribution in [2.24, 2.45) is 0 Å². The number of rotatable bonds is 20. The molecule has 0 N–H and O–H groups in total. The molecule has 0 saturated heterocycles. The van der Waals surface area contributed by atoms with E-state index in [1.165, 1.54) is 211 Å². The van der Waals surface area contributed by atoms with Crippen LogP contribution in [0.15, 0.2) is 146 Å². The van der Waals surface area contributed by atoms with E-state index in [2.05, 4.69) is 256 Å². The topological polar surface area (TPSA) is 0 Å². The predicted molar refractivity (Wildman–Crippen MR) is 354 cm³/mol. The van der Waals surface area contributed by atoms with Gasteiger partial charge in [0.25, 0.3) is 0 Å². The molecule has 8 aromatic rings. The number of hydrogen-bond acceptors (Lipinski definition) is 0. The van der Waals surface area contributed by atoms with Crippen molar-refractivity contribution < 1.29 is 0 Å². The summed E-state index contributed by atoms with van der Waals surface area (Å²) < 4.78 is 0. The van der Waals surface area contributed by atoms with Crippen molar-refractivity contribution >= 4 is 0 Å². The first-order valence-electron chi connectivity index (χ1n) is 31.0. The van der Waals surface area contributed by atoms with Crippen LogP contribution in [-0.2, 0) is 77.0 Å². The molecule has 0 aromatic heterocycles. The van der Waals surface area contributed by atoms with Gasteiger partial charge in [0.1, 0.15) is 0 Å². The highest BCUT2D eigenvalue weighted by Crippen LogP contribution is 2.21. The van der Waals surface area contributed by atoms with Crippen molar-refractivity contribution in [2.45, 2.75) is 214 Å². The van der Waals surface area contributed by atoms with Gasteiger partial charge in [0.05, 0.1) is 0 Å². The van der Waals surface area contributed by atoms with E-state index in [0.29, 0.717) is 0 Å². The minimum Gasteiger partial charge on any atom is -0.0613 e. The van der Waals surface area contributed by atoms with Gasteiger partial charge in [0.15, 0.2) is 0 Å². The Morgan fingerprint density at radius 2 is 0.325 bits per heavy atom. The molecule has 8 rings (SSSR count). The summed E-state index contributed by atoms with van der Waals surface area (Å²) in [5, 5.41) is 0. The second-order valence-electron chi connectivity index (χ2n) is 23.5. The van der Waals surface area contributed by atoms with Gasteiger partial charge in [-0.2, -0.15) is 0 Å². The SMILES string of the molecule is CCc1cc(CCCc2ccc(C)c(CC)c2)ccc1C.CCc1cc(CCCc2ccc(C)c(CC)c2)ccc1C.Cc1ccc(CCCc2ccc(C)c(C)c2)cc1C.Cc1ccc(CCCc2ccc(C)c(C)c2)cc1C. The van der Waals surface area contributed by atoms with E-state index in [4.69, 9.17) is 0 Å². The van der Waals surface area contributed by atoms with Gasteiger partial charge in [-0.15, -0.1) is 0 Å². The highest BCUT2D eigenvalue weighted by Gasteiger charge is 2.06. The molecule has 0 aliphatic heterocycles. The lowest BCUT2D eigenvalue weighted by atomic mass is 9.97. The Morgan fingerprint density at radius 3 is 0.475 bits per heavy atom. The van der Waals surface area contributed by atoms with Crippen molar-refractivity contribution in [1.29, 1.82) is 0 Å². The van der Waals surface area contributed by atoms with Gasteiger partial charge in [0, 0.05) is 0 Å². The van der Waals surface area contributed by atoms with Crippen LogP contribution in [0.2, 0.25) is 0 Å². The molecule has 0 atom stereocenters. The minimum atomic E-state index is 1.14. The molecule has 0 unspecified atom stereocenters. The minimum absolute atomic E-state index is 1.14. The summed E-state index contributed by atoms with van der Waals surface area (Å²) in [6.07, 6.45) is 18.9. The molecule has 0 nitrogen and oxygen atoms in total. The first kappa shape index (κ1) is 64.6. The fourth-order valence-corrected chi connectivity index (χ4v) is 10.9. The van der Waals surface area contributed by atoms with E-state index in [0.717, 1.165) is 25.7 Å². The van der Waals surface area contributed by atoms with Crippen LogP contribution in [0.1, 0.15) is 187 Å². The first-order chi connectivity index (χ1) is 38.4. The summed E-state index contributed by atoms with van der Waals surface area (Å²) >= 11 is 0. The Labute approximate surface area is 490 Å². The maximum absolute atomic E-state index is 2.39. The Hall–Kier alpha value is -6.24. The van der Waals surface area contributed by atoms with Gasteiger partial charge in [-0.05, 0) is 319 Å². The molecule has 0 spiro atoms. The van der Waals surface area contributed by atoms with Gasteiger partial charge in [-0.1, -0.05) is 173 Å². The Bertz CT molecular complexity index is 2750. The quantitative estimate of drug-likeness (QED) is 0.0714. The summed E-state index contributed by atoms with van der Waals surface area (Å²) in [6.45, 7) is 35.3. The van der Waals surface area contributed by atoms with Crippen LogP contribution in [0.3, 0.4) is 0 Å². The second-order valence-corrected chi connectivity index (χ2v) is 23.5. The maximum atomic E-state index is 2.39. The van der Waals surface area contributed by atoms with Crippen LogP contribution in [0.25, 0.3) is 0 Å². The highest BCUT2D eigenvalue weighted by molar-refractivity contribution is 5.37. The van der Waals surface area contributed by atoms with Crippen LogP contribution in [0.4, 0.5) is 0 Å². The summed E-state index contributed by atoms with van der Waals surface area (Å²) in [7, 11) is 0. The van der Waals surface area contributed by atoms with Gasteiger partial charge in [0.2, 0.25) is 0 Å². The lowest BCUT2D eigenvalue weighted by Gasteiger charge is -2.09. The fraction of sp³-hybridized carbons (Fsp3) is 0.400. The standard InChI is InChI=1S/2C21H28.2C19H24/c2*1-5-20-14-18(12-10-16(20)3)8-7-9-19-13-11-17(4)21(6-2)15-19;2*1-14-8-10-18(12-16(14)3)6-5-7-19-11-9-15(2)17(4)13-19/h2*10-15H,5-9H2,1-4H3;2*8-13H,5-7H2,1-4H3. The monoisotopic (exact) mass is 1060 g/mol. The van der Waals surface area contributed by atoms with Gasteiger partial charge >= 0.3 is 0 Å². The molecule has 0 saturated carbocycles. The van der Waals surface area contributed by atoms with Gasteiger partial charge in [-0.3, -0.25) is 0 Å². The van der Waals surface area contributed by atoms with Crippen LogP contribution in [0.5, 0.6) is 0 Å². The third-order valence-electron chi connectivity index (χ3n) is 17.2. The summed E-state index contributed by atoms with van der Waals surface area (Å²) in [6, 6.07) is 55.2. The molecule has 80 heavy (non-hydrogen) atoms. The lowest BCUT2D eigenvalue weighted by molar-refractivity contribution is 0.816. The second kappa shape index (κ2) is 33.5. The molecule has 424 valence electrons. The maximum Gasteiger partial charge on any atom is -0.0276 e. The first-order valence-corrected chi connectivity index (χ1v) is 31.0. The Kier molecular flexibility index (Phi) is 27.0. The fourth-order valence-electron chi connectivity index (χ4n) is 10.9. The van der Waals surface area contributed by atoms with Crippen LogP contribution >= 0.6 is 0 Å². The number of hydrogen-bond donors (Lipinski definition) is 0. The third-order valence-corrected chi connectivity index (χ3v) is 17.2. The summed E-state index contributed by atoms with van der Waals surface area (Å²) in [4.78, 5) is 0. The molecule has 0 amide bonds. The molecule has 0 heteroatoms. The molecular formula is C80H104. The lowest BCUT2D eigenvalue weighted by Crippen LogP contribution is -1.95. The zero-order valence-electron chi connectivity index (χ0n) is 53.2. The van der Waals surface area contributed by atoms with Crippen molar-refractivity contribution in [1.82, 2.24) is 0 Å².